The number of halogens is 1. The zero-order valence-electron chi connectivity index (χ0n) is 17.7. The van der Waals surface area contributed by atoms with Crippen LogP contribution in [0.4, 0.5) is 10.1 Å². The van der Waals surface area contributed by atoms with Gasteiger partial charge < -0.3 is 19.3 Å². The summed E-state index contributed by atoms with van der Waals surface area (Å²) in [6.07, 6.45) is 0. The molecular weight excluding hydrogens is 401 g/mol. The summed E-state index contributed by atoms with van der Waals surface area (Å²) in [4.78, 5) is 32.4. The Hall–Kier alpha value is -3.39. The molecule has 2 heterocycles. The largest absolute Gasteiger partial charge is 0.497 e. The van der Waals surface area contributed by atoms with Gasteiger partial charge in [0.15, 0.2) is 0 Å². The van der Waals surface area contributed by atoms with E-state index in [0.29, 0.717) is 41.5 Å². The van der Waals surface area contributed by atoms with Gasteiger partial charge in [-0.1, -0.05) is 12.1 Å². The number of imide groups is 1. The zero-order chi connectivity index (χ0) is 22.1. The van der Waals surface area contributed by atoms with Crippen molar-refractivity contribution in [3.05, 3.63) is 59.5 Å². The first-order valence-electron chi connectivity index (χ1n) is 9.98. The fourth-order valence-electron chi connectivity index (χ4n) is 3.87. The molecule has 4 rings (SSSR count). The van der Waals surface area contributed by atoms with Gasteiger partial charge in [0, 0.05) is 44.4 Å². The molecule has 0 radical (unpaired) electrons. The Bertz CT molecular complexity index is 1020. The molecule has 31 heavy (non-hydrogen) atoms. The van der Waals surface area contributed by atoms with E-state index < -0.39 is 17.6 Å². The van der Waals surface area contributed by atoms with Crippen LogP contribution in [0.1, 0.15) is 5.56 Å². The Labute approximate surface area is 180 Å². The van der Waals surface area contributed by atoms with Gasteiger partial charge in [0.1, 0.15) is 23.0 Å². The minimum absolute atomic E-state index is 0.274. The molecule has 1 fully saturated rings. The lowest BCUT2D eigenvalue weighted by Gasteiger charge is -2.34. The molecule has 2 aromatic rings. The molecule has 2 aromatic carbocycles. The summed E-state index contributed by atoms with van der Waals surface area (Å²) in [6.45, 7) is 2.78. The number of carbonyl (C=O) groups is 2. The van der Waals surface area contributed by atoms with Gasteiger partial charge in [-0.15, -0.1) is 0 Å². The summed E-state index contributed by atoms with van der Waals surface area (Å²) in [6, 6.07) is 10.5. The fourth-order valence-corrected chi connectivity index (χ4v) is 3.87. The molecule has 162 valence electrons. The van der Waals surface area contributed by atoms with Crippen LogP contribution in [0.2, 0.25) is 0 Å². The van der Waals surface area contributed by atoms with Crippen LogP contribution >= 0.6 is 0 Å². The number of hydrogen-bond acceptors (Lipinski definition) is 6. The topological polar surface area (TPSA) is 62.3 Å². The highest BCUT2D eigenvalue weighted by Crippen LogP contribution is 2.37. The van der Waals surface area contributed by atoms with E-state index in [9.17, 15) is 14.0 Å². The summed E-state index contributed by atoms with van der Waals surface area (Å²) >= 11 is 0. The summed E-state index contributed by atoms with van der Waals surface area (Å²) in [5.41, 5.74) is 1.48. The maximum Gasteiger partial charge on any atom is 0.282 e. The second kappa shape index (κ2) is 8.39. The van der Waals surface area contributed by atoms with Crippen LogP contribution < -0.4 is 14.4 Å². The number of ether oxygens (including phenoxy) is 2. The van der Waals surface area contributed by atoms with Gasteiger partial charge >= 0.3 is 0 Å². The van der Waals surface area contributed by atoms with E-state index in [1.807, 2.05) is 11.9 Å². The molecule has 2 aliphatic heterocycles. The number of nitrogens with zero attached hydrogens (tertiary/aromatic N) is 3. The number of piperazine rings is 1. The number of benzene rings is 2. The summed E-state index contributed by atoms with van der Waals surface area (Å²) in [7, 11) is 5.02. The Morgan fingerprint density at radius 3 is 1.97 bits per heavy atom. The van der Waals surface area contributed by atoms with E-state index >= 15 is 0 Å². The monoisotopic (exact) mass is 425 g/mol. The van der Waals surface area contributed by atoms with Crippen molar-refractivity contribution in [3.63, 3.8) is 0 Å². The van der Waals surface area contributed by atoms with Crippen molar-refractivity contribution in [1.82, 2.24) is 9.80 Å². The van der Waals surface area contributed by atoms with Gasteiger partial charge in [-0.2, -0.15) is 0 Å². The maximum absolute atomic E-state index is 13.6. The van der Waals surface area contributed by atoms with E-state index in [0.717, 1.165) is 18.0 Å². The first-order valence-corrected chi connectivity index (χ1v) is 9.98. The molecule has 0 aliphatic carbocycles. The van der Waals surface area contributed by atoms with Gasteiger partial charge in [-0.05, 0) is 24.7 Å². The van der Waals surface area contributed by atoms with Crippen molar-refractivity contribution in [3.8, 4) is 11.5 Å². The highest BCUT2D eigenvalue weighted by atomic mass is 19.1. The Morgan fingerprint density at radius 1 is 0.839 bits per heavy atom. The van der Waals surface area contributed by atoms with Crippen LogP contribution in [0.15, 0.2) is 48.2 Å². The minimum atomic E-state index is -0.458. The first kappa shape index (κ1) is 20.9. The quantitative estimate of drug-likeness (QED) is 0.686. The molecule has 0 atom stereocenters. The van der Waals surface area contributed by atoms with E-state index in [4.69, 9.17) is 9.47 Å². The molecule has 2 aliphatic rings. The Morgan fingerprint density at radius 2 is 1.42 bits per heavy atom. The number of rotatable bonds is 5. The minimum Gasteiger partial charge on any atom is -0.497 e. The Balaban J connectivity index is 1.81. The van der Waals surface area contributed by atoms with E-state index in [1.54, 1.807) is 18.2 Å². The third-order valence-corrected chi connectivity index (χ3v) is 5.61. The number of hydrogen-bond donors (Lipinski definition) is 0. The maximum atomic E-state index is 13.6. The molecule has 2 amide bonds. The van der Waals surface area contributed by atoms with E-state index in [-0.39, 0.29) is 5.57 Å². The van der Waals surface area contributed by atoms with Crippen molar-refractivity contribution < 1.29 is 23.5 Å². The number of amides is 2. The van der Waals surface area contributed by atoms with Gasteiger partial charge in [-0.25, -0.2) is 9.29 Å². The number of methoxy groups -OCH3 is 2. The van der Waals surface area contributed by atoms with Gasteiger partial charge in [0.25, 0.3) is 11.8 Å². The average molecular weight is 425 g/mol. The normalized spacial score (nSPS) is 17.5. The molecule has 8 heteroatoms. The predicted molar refractivity (Wildman–Crippen MR) is 114 cm³/mol. The molecule has 0 unspecified atom stereocenters. The lowest BCUT2D eigenvalue weighted by atomic mass is 10.0. The van der Waals surface area contributed by atoms with Crippen molar-refractivity contribution >= 4 is 23.1 Å². The predicted octanol–water partition coefficient (Wildman–Crippen LogP) is 2.37. The zero-order valence-corrected chi connectivity index (χ0v) is 17.7. The van der Waals surface area contributed by atoms with E-state index in [2.05, 4.69) is 4.90 Å². The molecule has 0 spiro atoms. The van der Waals surface area contributed by atoms with Crippen molar-refractivity contribution in [1.29, 1.82) is 0 Å². The van der Waals surface area contributed by atoms with Crippen molar-refractivity contribution in [2.45, 2.75) is 0 Å². The highest BCUT2D eigenvalue weighted by molar-refractivity contribution is 6.45. The van der Waals surface area contributed by atoms with Gasteiger partial charge in [0.05, 0.1) is 25.5 Å². The summed E-state index contributed by atoms with van der Waals surface area (Å²) in [5.74, 6) is -0.348. The second-order valence-corrected chi connectivity index (χ2v) is 7.54. The van der Waals surface area contributed by atoms with Crippen LogP contribution in [-0.2, 0) is 9.59 Å². The van der Waals surface area contributed by atoms with Crippen molar-refractivity contribution in [2.75, 3.05) is 52.3 Å². The van der Waals surface area contributed by atoms with E-state index in [1.165, 1.54) is 38.5 Å². The molecule has 7 nitrogen and oxygen atoms in total. The standard InChI is InChI=1S/C23H24FN3O4/c1-25-8-10-26(11-9-25)21-20(15-4-6-16(24)7-5-15)22(28)27(23(21)29)17-12-18(30-2)14-19(13-17)31-3/h4-7,12-14H,8-11H2,1-3H3. The third kappa shape index (κ3) is 3.86. The van der Waals surface area contributed by atoms with Crippen LogP contribution in [0, 0.1) is 5.82 Å². The molecule has 0 N–H and O–H groups in total. The fraction of sp³-hybridized carbons (Fsp3) is 0.304. The van der Waals surface area contributed by atoms with Gasteiger partial charge in [0.2, 0.25) is 0 Å². The molecular formula is C23H24FN3O4. The second-order valence-electron chi connectivity index (χ2n) is 7.54. The Kier molecular flexibility index (Phi) is 5.65. The smallest absolute Gasteiger partial charge is 0.282 e. The molecule has 0 bridgehead atoms. The molecule has 1 saturated heterocycles. The summed E-state index contributed by atoms with van der Waals surface area (Å²) in [5, 5.41) is 0. The van der Waals surface area contributed by atoms with Crippen LogP contribution in [0.25, 0.3) is 5.57 Å². The summed E-state index contributed by atoms with van der Waals surface area (Å²) < 4.78 is 24.1. The molecule has 0 aromatic heterocycles. The third-order valence-electron chi connectivity index (χ3n) is 5.61. The molecule has 0 saturated carbocycles. The highest BCUT2D eigenvalue weighted by Gasteiger charge is 2.43. The first-order chi connectivity index (χ1) is 14.9. The number of carbonyl (C=O) groups excluding carboxylic acids is 2. The van der Waals surface area contributed by atoms with Crippen LogP contribution in [0.5, 0.6) is 11.5 Å². The van der Waals surface area contributed by atoms with Crippen LogP contribution in [0.3, 0.4) is 0 Å². The van der Waals surface area contributed by atoms with Crippen LogP contribution in [-0.4, -0.2) is 69.1 Å². The number of anilines is 1. The van der Waals surface area contributed by atoms with Gasteiger partial charge in [-0.3, -0.25) is 9.59 Å². The van der Waals surface area contributed by atoms with Crippen molar-refractivity contribution in [2.24, 2.45) is 0 Å². The lowest BCUT2D eigenvalue weighted by molar-refractivity contribution is -0.120. The SMILES string of the molecule is COc1cc(OC)cc(N2C(=O)C(c3ccc(F)cc3)=C(N3CCN(C)CC3)C2=O)c1. The average Bonchev–Trinajstić information content (AvgIpc) is 3.04. The number of likely N-dealkylation sites (N-methyl/N-ethyl adjacent to an activating group) is 1. The lowest BCUT2D eigenvalue weighted by Crippen LogP contribution is -2.46.